The second kappa shape index (κ2) is 10.4. The summed E-state index contributed by atoms with van der Waals surface area (Å²) in [5, 5.41) is 13.5. The highest BCUT2D eigenvalue weighted by molar-refractivity contribution is 7.98. The molecule has 0 aliphatic heterocycles. The summed E-state index contributed by atoms with van der Waals surface area (Å²) in [4.78, 5) is 12.2. The third-order valence-electron chi connectivity index (χ3n) is 4.39. The fraction of sp³-hybridized carbons (Fsp3) is 0.0833. The van der Waals surface area contributed by atoms with Crippen molar-refractivity contribution in [3.05, 3.63) is 102 Å². The summed E-state index contributed by atoms with van der Waals surface area (Å²) in [5.74, 6) is 1.39. The van der Waals surface area contributed by atoms with Crippen LogP contribution in [0.25, 0.3) is 0 Å². The summed E-state index contributed by atoms with van der Waals surface area (Å²) in [5.41, 5.74) is 1.33. The molecule has 3 aromatic carbocycles. The van der Waals surface area contributed by atoms with Crippen LogP contribution in [0.5, 0.6) is 11.5 Å². The van der Waals surface area contributed by atoms with Gasteiger partial charge >= 0.3 is 5.97 Å². The Morgan fingerprint density at radius 2 is 1.62 bits per heavy atom. The highest BCUT2D eigenvalue weighted by atomic mass is 32.2. The first-order chi connectivity index (χ1) is 15.7. The van der Waals surface area contributed by atoms with Crippen molar-refractivity contribution < 1.29 is 14.3 Å². The Kier molecular flexibility index (Phi) is 6.94. The highest BCUT2D eigenvalue weighted by Gasteiger charge is 2.11. The second-order valence-corrected chi connectivity index (χ2v) is 7.36. The van der Waals surface area contributed by atoms with Gasteiger partial charge in [0.25, 0.3) is 0 Å². The van der Waals surface area contributed by atoms with Crippen LogP contribution < -0.4 is 9.47 Å². The maximum absolute atomic E-state index is 12.2. The van der Waals surface area contributed by atoms with Gasteiger partial charge in [-0.15, -0.1) is 10.2 Å². The van der Waals surface area contributed by atoms with Crippen LogP contribution in [0.1, 0.15) is 21.7 Å². The maximum Gasteiger partial charge on any atom is 0.343 e. The van der Waals surface area contributed by atoms with Crippen molar-refractivity contribution in [2.24, 2.45) is 5.10 Å². The average molecular weight is 445 g/mol. The molecule has 8 heteroatoms. The van der Waals surface area contributed by atoms with Crippen LogP contribution in [0.15, 0.2) is 95.2 Å². The zero-order valence-corrected chi connectivity index (χ0v) is 18.1. The summed E-state index contributed by atoms with van der Waals surface area (Å²) in [6.07, 6.45) is 3.60. The second-order valence-electron chi connectivity index (χ2n) is 6.59. The summed E-state index contributed by atoms with van der Waals surface area (Å²) in [6, 6.07) is 25.5. The fourth-order valence-corrected chi connectivity index (χ4v) is 3.23. The topological polar surface area (TPSA) is 78.6 Å². The monoisotopic (exact) mass is 444 g/mol. The number of carbonyl (C=O) groups excluding carboxylic acids is 1. The van der Waals surface area contributed by atoms with Gasteiger partial charge in [0, 0.05) is 0 Å². The molecule has 0 aliphatic carbocycles. The molecule has 4 rings (SSSR count). The summed E-state index contributed by atoms with van der Waals surface area (Å²) < 4.78 is 12.8. The van der Waals surface area contributed by atoms with E-state index < -0.39 is 5.97 Å². The molecule has 0 atom stereocenters. The predicted octanol–water partition coefficient (Wildman–Crippen LogP) is 4.68. The first-order valence-corrected chi connectivity index (χ1v) is 11.0. The van der Waals surface area contributed by atoms with Gasteiger partial charge in [0.05, 0.1) is 11.8 Å². The molecular weight excluding hydrogens is 424 g/mol. The van der Waals surface area contributed by atoms with E-state index in [1.54, 1.807) is 47.3 Å². The number of benzene rings is 3. The molecule has 0 bridgehead atoms. The molecule has 160 valence electrons. The SMILES string of the molecule is CSc1nnc(COc2ccccc2)n1/N=C\c1ccc(OC(=O)c2ccccc2)cc1. The van der Waals surface area contributed by atoms with Crippen molar-refractivity contribution >= 4 is 23.9 Å². The number of nitrogens with zero attached hydrogens (tertiary/aromatic N) is 4. The van der Waals surface area contributed by atoms with E-state index in [-0.39, 0.29) is 6.61 Å². The molecule has 0 unspecified atom stereocenters. The van der Waals surface area contributed by atoms with E-state index >= 15 is 0 Å². The molecule has 0 aliphatic rings. The number of thioether (sulfide) groups is 1. The van der Waals surface area contributed by atoms with Crippen molar-refractivity contribution in [2.45, 2.75) is 11.8 Å². The van der Waals surface area contributed by atoms with E-state index in [0.717, 1.165) is 11.3 Å². The van der Waals surface area contributed by atoms with Gasteiger partial charge < -0.3 is 9.47 Å². The molecule has 7 nitrogen and oxygen atoms in total. The number of aromatic nitrogens is 3. The lowest BCUT2D eigenvalue weighted by molar-refractivity contribution is 0.0735. The van der Waals surface area contributed by atoms with Gasteiger partial charge in [-0.25, -0.2) is 4.79 Å². The molecule has 0 radical (unpaired) electrons. The van der Waals surface area contributed by atoms with Crippen LogP contribution >= 0.6 is 11.8 Å². The van der Waals surface area contributed by atoms with Gasteiger partial charge in [-0.3, -0.25) is 0 Å². The number of para-hydroxylation sites is 1. The average Bonchev–Trinajstić information content (AvgIpc) is 3.25. The van der Waals surface area contributed by atoms with Crippen molar-refractivity contribution in [2.75, 3.05) is 6.26 Å². The zero-order chi connectivity index (χ0) is 22.2. The van der Waals surface area contributed by atoms with Crippen molar-refractivity contribution in [3.8, 4) is 11.5 Å². The number of rotatable bonds is 8. The van der Waals surface area contributed by atoms with E-state index in [1.807, 2.05) is 54.8 Å². The van der Waals surface area contributed by atoms with E-state index in [2.05, 4.69) is 15.3 Å². The lowest BCUT2D eigenvalue weighted by atomic mass is 10.2. The number of carbonyl (C=O) groups is 1. The van der Waals surface area contributed by atoms with E-state index in [1.165, 1.54) is 11.8 Å². The van der Waals surface area contributed by atoms with Crippen LogP contribution in [-0.4, -0.2) is 33.3 Å². The van der Waals surface area contributed by atoms with E-state index in [9.17, 15) is 4.79 Å². The lowest BCUT2D eigenvalue weighted by Gasteiger charge is -2.06. The first-order valence-electron chi connectivity index (χ1n) is 9.81. The van der Waals surface area contributed by atoms with Gasteiger partial charge in [-0.05, 0) is 60.4 Å². The Morgan fingerprint density at radius 3 is 2.31 bits per heavy atom. The third kappa shape index (κ3) is 5.41. The molecule has 0 amide bonds. The Hall–Kier alpha value is -3.91. The number of hydrogen-bond acceptors (Lipinski definition) is 7. The van der Waals surface area contributed by atoms with Crippen molar-refractivity contribution in [1.29, 1.82) is 0 Å². The third-order valence-corrected chi connectivity index (χ3v) is 5.01. The molecule has 0 saturated carbocycles. The standard InChI is InChI=1S/C24H20N4O3S/c1-32-24-27-26-22(17-30-20-10-6-3-7-11-20)28(24)25-16-18-12-14-21(15-13-18)31-23(29)19-8-4-2-5-9-19/h2-16H,17H2,1H3/b25-16-. The predicted molar refractivity (Wildman–Crippen MR) is 123 cm³/mol. The molecule has 0 N–H and O–H groups in total. The minimum absolute atomic E-state index is 0.239. The lowest BCUT2D eigenvalue weighted by Crippen LogP contribution is -2.08. The smallest absolute Gasteiger partial charge is 0.343 e. The van der Waals surface area contributed by atoms with Gasteiger partial charge in [-0.2, -0.15) is 9.78 Å². The van der Waals surface area contributed by atoms with E-state index in [0.29, 0.717) is 22.3 Å². The molecule has 1 aromatic heterocycles. The summed E-state index contributed by atoms with van der Waals surface area (Å²) in [7, 11) is 0. The molecular formula is C24H20N4O3S. The van der Waals surface area contributed by atoms with Crippen LogP contribution in [-0.2, 0) is 6.61 Å². The van der Waals surface area contributed by atoms with Crippen LogP contribution in [0, 0.1) is 0 Å². The number of esters is 1. The minimum atomic E-state index is -0.399. The minimum Gasteiger partial charge on any atom is -0.486 e. The number of ether oxygens (including phenoxy) is 2. The zero-order valence-electron chi connectivity index (χ0n) is 17.3. The van der Waals surface area contributed by atoms with Crippen LogP contribution in [0.4, 0.5) is 0 Å². The number of hydrogen-bond donors (Lipinski definition) is 0. The van der Waals surface area contributed by atoms with Crippen molar-refractivity contribution in [3.63, 3.8) is 0 Å². The van der Waals surface area contributed by atoms with E-state index in [4.69, 9.17) is 9.47 Å². The van der Waals surface area contributed by atoms with Gasteiger partial charge in [0.2, 0.25) is 5.16 Å². The van der Waals surface area contributed by atoms with Crippen LogP contribution in [0.2, 0.25) is 0 Å². The molecule has 32 heavy (non-hydrogen) atoms. The normalized spacial score (nSPS) is 10.9. The Morgan fingerprint density at radius 1 is 0.938 bits per heavy atom. The summed E-state index contributed by atoms with van der Waals surface area (Å²) >= 11 is 1.44. The van der Waals surface area contributed by atoms with Crippen LogP contribution in [0.3, 0.4) is 0 Å². The van der Waals surface area contributed by atoms with Gasteiger partial charge in [0.1, 0.15) is 18.1 Å². The maximum atomic E-state index is 12.2. The largest absolute Gasteiger partial charge is 0.486 e. The molecule has 0 saturated heterocycles. The highest BCUT2D eigenvalue weighted by Crippen LogP contribution is 2.17. The van der Waals surface area contributed by atoms with Gasteiger partial charge in [-0.1, -0.05) is 48.2 Å². The van der Waals surface area contributed by atoms with Gasteiger partial charge in [0.15, 0.2) is 5.82 Å². The quantitative estimate of drug-likeness (QED) is 0.170. The summed E-state index contributed by atoms with van der Waals surface area (Å²) in [6.45, 7) is 0.239. The molecule has 0 fully saturated rings. The molecule has 1 heterocycles. The Balaban J connectivity index is 1.43. The fourth-order valence-electron chi connectivity index (χ4n) is 2.78. The van der Waals surface area contributed by atoms with Crippen molar-refractivity contribution in [1.82, 2.24) is 14.9 Å². The molecule has 0 spiro atoms. The first kappa shape index (κ1) is 21.3. The Labute approximate surface area is 189 Å². The Bertz CT molecular complexity index is 1190. The molecule has 4 aromatic rings.